The average molecular weight is 278 g/mol. The number of rotatable bonds is 4. The normalized spacial score (nSPS) is 15.6. The van der Waals surface area contributed by atoms with Crippen LogP contribution in [-0.2, 0) is 14.4 Å². The fourth-order valence-electron chi connectivity index (χ4n) is 2.02. The van der Waals surface area contributed by atoms with Crippen LogP contribution in [0.1, 0.15) is 6.42 Å². The monoisotopic (exact) mass is 278 g/mol. The molecular weight excluding hydrogens is 264 g/mol. The number of carbonyl (C=O) groups excluding carboxylic acids is 2. The van der Waals surface area contributed by atoms with Gasteiger partial charge in [0, 0.05) is 18.3 Å². The molecule has 1 aromatic rings. The molecule has 7 heteroatoms. The number of carboxylic acid groups (broad SMARTS) is 1. The lowest BCUT2D eigenvalue weighted by atomic mass is 10.2. The van der Waals surface area contributed by atoms with Crippen molar-refractivity contribution in [3.05, 3.63) is 24.3 Å². The van der Waals surface area contributed by atoms with Gasteiger partial charge in [0.2, 0.25) is 11.8 Å². The van der Waals surface area contributed by atoms with Gasteiger partial charge in [-0.25, -0.2) is 0 Å². The number of piperazine rings is 1. The molecule has 20 heavy (non-hydrogen) atoms. The topological polar surface area (TPSA) is 98.2 Å². The Labute approximate surface area is 115 Å². The molecule has 1 aromatic carbocycles. The molecule has 0 aliphatic carbocycles. The van der Waals surface area contributed by atoms with Gasteiger partial charge in [0.25, 0.3) is 0 Å². The van der Waals surface area contributed by atoms with E-state index < -0.39 is 17.8 Å². The first kappa shape index (κ1) is 13.9. The van der Waals surface area contributed by atoms with Crippen molar-refractivity contribution in [3.8, 4) is 5.75 Å². The molecule has 1 fully saturated rings. The number of nitrogens with zero attached hydrogens (tertiary/aromatic N) is 2. The van der Waals surface area contributed by atoms with Crippen molar-refractivity contribution in [2.45, 2.75) is 6.42 Å². The molecule has 0 spiro atoms. The van der Waals surface area contributed by atoms with Crippen molar-refractivity contribution in [1.29, 1.82) is 0 Å². The number of phenolic OH excluding ortho intramolecular Hbond substituents is 1. The predicted octanol–water partition coefficient (Wildman–Crippen LogP) is 0.0421. The highest BCUT2D eigenvalue weighted by atomic mass is 16.4. The van der Waals surface area contributed by atoms with E-state index in [-0.39, 0.29) is 31.8 Å². The summed E-state index contributed by atoms with van der Waals surface area (Å²) in [6.45, 7) is -0.148. The van der Waals surface area contributed by atoms with E-state index in [9.17, 15) is 19.5 Å². The number of hydrogen-bond acceptors (Lipinski definition) is 5. The van der Waals surface area contributed by atoms with Crippen molar-refractivity contribution in [2.24, 2.45) is 0 Å². The van der Waals surface area contributed by atoms with Gasteiger partial charge in [-0.1, -0.05) is 6.07 Å². The summed E-state index contributed by atoms with van der Waals surface area (Å²) in [6, 6.07) is 6.27. The number of phenols is 1. The second-order valence-corrected chi connectivity index (χ2v) is 4.46. The number of benzene rings is 1. The molecule has 0 unspecified atom stereocenters. The number of hydrogen-bond donors (Lipinski definition) is 2. The average Bonchev–Trinajstić information content (AvgIpc) is 2.37. The summed E-state index contributed by atoms with van der Waals surface area (Å²) < 4.78 is 0. The van der Waals surface area contributed by atoms with Crippen molar-refractivity contribution in [2.75, 3.05) is 24.5 Å². The molecule has 2 amide bonds. The van der Waals surface area contributed by atoms with Gasteiger partial charge in [0.1, 0.15) is 5.75 Å². The standard InChI is InChI=1S/C13H14N2O5/c16-10-3-1-2-9(6-10)14-7-11(17)15(12(18)8-14)5-4-13(19)20/h1-3,6,16H,4-5,7-8H2,(H,19,20). The minimum atomic E-state index is -1.05. The smallest absolute Gasteiger partial charge is 0.305 e. The zero-order chi connectivity index (χ0) is 14.7. The van der Waals surface area contributed by atoms with Gasteiger partial charge in [-0.2, -0.15) is 0 Å². The van der Waals surface area contributed by atoms with Crippen LogP contribution < -0.4 is 4.90 Å². The number of anilines is 1. The number of aliphatic carboxylic acids is 1. The molecule has 0 radical (unpaired) electrons. The number of imide groups is 1. The van der Waals surface area contributed by atoms with Crippen LogP contribution in [0, 0.1) is 0 Å². The Hall–Kier alpha value is -2.57. The summed E-state index contributed by atoms with van der Waals surface area (Å²) in [7, 11) is 0. The van der Waals surface area contributed by atoms with Crippen molar-refractivity contribution >= 4 is 23.5 Å². The summed E-state index contributed by atoms with van der Waals surface area (Å²) in [6.07, 6.45) is -0.260. The lowest BCUT2D eigenvalue weighted by Gasteiger charge is -2.33. The van der Waals surface area contributed by atoms with Crippen LogP contribution in [0.5, 0.6) is 5.75 Å². The quantitative estimate of drug-likeness (QED) is 0.755. The molecule has 2 N–H and O–H groups in total. The maximum Gasteiger partial charge on any atom is 0.305 e. The summed E-state index contributed by atoms with van der Waals surface area (Å²) in [4.78, 5) is 36.8. The molecule has 1 heterocycles. The Morgan fingerprint density at radius 3 is 2.40 bits per heavy atom. The molecule has 0 aromatic heterocycles. The van der Waals surface area contributed by atoms with E-state index in [4.69, 9.17) is 5.11 Å². The van der Waals surface area contributed by atoms with Gasteiger partial charge in [-0.05, 0) is 12.1 Å². The van der Waals surface area contributed by atoms with E-state index in [1.165, 1.54) is 12.1 Å². The molecule has 106 valence electrons. The first-order valence-electron chi connectivity index (χ1n) is 6.06. The molecule has 2 rings (SSSR count). The van der Waals surface area contributed by atoms with Crippen LogP contribution in [0.4, 0.5) is 5.69 Å². The lowest BCUT2D eigenvalue weighted by molar-refractivity contribution is -0.146. The molecule has 1 aliphatic rings. The van der Waals surface area contributed by atoms with E-state index in [1.54, 1.807) is 17.0 Å². The minimum Gasteiger partial charge on any atom is -0.508 e. The van der Waals surface area contributed by atoms with E-state index >= 15 is 0 Å². The van der Waals surface area contributed by atoms with Gasteiger partial charge in [0.05, 0.1) is 19.5 Å². The predicted molar refractivity (Wildman–Crippen MR) is 69.3 cm³/mol. The third-order valence-corrected chi connectivity index (χ3v) is 3.00. The number of amides is 2. The first-order chi connectivity index (χ1) is 9.47. The second kappa shape index (κ2) is 5.60. The van der Waals surface area contributed by atoms with Crippen molar-refractivity contribution in [1.82, 2.24) is 4.90 Å². The summed E-state index contributed by atoms with van der Waals surface area (Å²) >= 11 is 0. The zero-order valence-corrected chi connectivity index (χ0v) is 10.7. The van der Waals surface area contributed by atoms with Gasteiger partial charge in [0.15, 0.2) is 0 Å². The van der Waals surface area contributed by atoms with E-state index in [1.807, 2.05) is 0 Å². The highest BCUT2D eigenvalue weighted by Crippen LogP contribution is 2.21. The molecule has 7 nitrogen and oxygen atoms in total. The summed E-state index contributed by atoms with van der Waals surface area (Å²) in [5, 5.41) is 18.0. The van der Waals surface area contributed by atoms with E-state index in [0.29, 0.717) is 5.69 Å². The number of carboxylic acids is 1. The molecular formula is C13H14N2O5. The Kier molecular flexibility index (Phi) is 3.88. The number of aromatic hydroxyl groups is 1. The van der Waals surface area contributed by atoms with Gasteiger partial charge in [-0.3, -0.25) is 19.3 Å². The third-order valence-electron chi connectivity index (χ3n) is 3.00. The second-order valence-electron chi connectivity index (χ2n) is 4.46. The van der Waals surface area contributed by atoms with Crippen LogP contribution in [0.25, 0.3) is 0 Å². The van der Waals surface area contributed by atoms with Crippen molar-refractivity contribution < 1.29 is 24.6 Å². The summed E-state index contributed by atoms with van der Waals surface area (Å²) in [5.74, 6) is -1.88. The van der Waals surface area contributed by atoms with Gasteiger partial charge >= 0.3 is 5.97 Å². The van der Waals surface area contributed by atoms with Crippen LogP contribution in [0.2, 0.25) is 0 Å². The molecule has 0 atom stereocenters. The SMILES string of the molecule is O=C(O)CCN1C(=O)CN(c2cccc(O)c2)CC1=O. The van der Waals surface area contributed by atoms with Gasteiger partial charge < -0.3 is 15.1 Å². The highest BCUT2D eigenvalue weighted by molar-refractivity contribution is 6.03. The number of carbonyl (C=O) groups is 3. The molecule has 1 saturated heterocycles. The Morgan fingerprint density at radius 1 is 1.20 bits per heavy atom. The van der Waals surface area contributed by atoms with Gasteiger partial charge in [-0.15, -0.1) is 0 Å². The van der Waals surface area contributed by atoms with Crippen LogP contribution in [0.15, 0.2) is 24.3 Å². The lowest BCUT2D eigenvalue weighted by Crippen LogP contribution is -2.54. The first-order valence-corrected chi connectivity index (χ1v) is 6.06. The molecule has 1 aliphatic heterocycles. The molecule has 0 saturated carbocycles. The highest BCUT2D eigenvalue weighted by Gasteiger charge is 2.31. The van der Waals surface area contributed by atoms with Crippen LogP contribution in [-0.4, -0.2) is 52.5 Å². The zero-order valence-electron chi connectivity index (χ0n) is 10.7. The molecule has 0 bridgehead atoms. The van der Waals surface area contributed by atoms with Crippen molar-refractivity contribution in [3.63, 3.8) is 0 Å². The van der Waals surface area contributed by atoms with E-state index in [2.05, 4.69) is 0 Å². The Morgan fingerprint density at radius 2 is 1.85 bits per heavy atom. The fraction of sp³-hybridized carbons (Fsp3) is 0.308. The van der Waals surface area contributed by atoms with Crippen LogP contribution in [0.3, 0.4) is 0 Å². The largest absolute Gasteiger partial charge is 0.508 e. The maximum absolute atomic E-state index is 11.9. The van der Waals surface area contributed by atoms with E-state index in [0.717, 1.165) is 4.90 Å². The Bertz CT molecular complexity index is 539. The Balaban J connectivity index is 2.08. The fourth-order valence-corrected chi connectivity index (χ4v) is 2.02. The minimum absolute atomic E-state index is 0.0190. The third kappa shape index (κ3) is 3.05. The summed E-state index contributed by atoms with van der Waals surface area (Å²) in [5.41, 5.74) is 0.574. The van der Waals surface area contributed by atoms with Crippen LogP contribution >= 0.6 is 0 Å². The maximum atomic E-state index is 11.9.